The second-order valence-corrected chi connectivity index (χ2v) is 10.9. The van der Waals surface area contributed by atoms with Crippen molar-refractivity contribution in [1.82, 2.24) is 8.87 Å². The second-order valence-electron chi connectivity index (χ2n) is 7.54. The number of fused-ring (bicyclic) bond motifs is 1. The van der Waals surface area contributed by atoms with Crippen LogP contribution in [0, 0.1) is 0 Å². The number of piperidine rings is 1. The summed E-state index contributed by atoms with van der Waals surface area (Å²) in [6.45, 7) is 0.861. The first-order valence-electron chi connectivity index (χ1n) is 10.3. The number of carbonyl (C=O) groups is 2. The van der Waals surface area contributed by atoms with Gasteiger partial charge < -0.3 is 9.30 Å². The van der Waals surface area contributed by atoms with Crippen molar-refractivity contribution in [2.75, 3.05) is 20.2 Å². The molecule has 0 spiro atoms. The summed E-state index contributed by atoms with van der Waals surface area (Å²) in [6.07, 6.45) is 2.72. The zero-order chi connectivity index (χ0) is 23.6. The van der Waals surface area contributed by atoms with Gasteiger partial charge in [0.25, 0.3) is 5.91 Å². The van der Waals surface area contributed by atoms with Crippen molar-refractivity contribution in [3.63, 3.8) is 0 Å². The van der Waals surface area contributed by atoms with Crippen LogP contribution < -0.4 is 4.80 Å². The molecule has 33 heavy (non-hydrogen) atoms. The zero-order valence-corrected chi connectivity index (χ0v) is 20.3. The van der Waals surface area contributed by atoms with Crippen molar-refractivity contribution < 1.29 is 22.7 Å². The Morgan fingerprint density at radius 3 is 2.45 bits per heavy atom. The third kappa shape index (κ3) is 4.89. The molecule has 1 saturated heterocycles. The van der Waals surface area contributed by atoms with Gasteiger partial charge in [0, 0.05) is 18.7 Å². The number of carbonyl (C=O) groups excluding carboxylic acids is 2. The number of hydrogen-bond acceptors (Lipinski definition) is 6. The molecule has 2 aromatic carbocycles. The van der Waals surface area contributed by atoms with Crippen molar-refractivity contribution in [3.8, 4) is 0 Å². The Hall–Kier alpha value is -2.53. The molecule has 174 valence electrons. The van der Waals surface area contributed by atoms with E-state index in [-0.39, 0.29) is 17.0 Å². The van der Waals surface area contributed by atoms with Crippen LogP contribution in [0.3, 0.4) is 0 Å². The predicted molar refractivity (Wildman–Crippen MR) is 126 cm³/mol. The Balaban J connectivity index is 1.68. The molecular formula is C22H22ClN3O5S2. The minimum atomic E-state index is -3.59. The van der Waals surface area contributed by atoms with E-state index in [9.17, 15) is 18.0 Å². The summed E-state index contributed by atoms with van der Waals surface area (Å²) >= 11 is 7.55. The van der Waals surface area contributed by atoms with Crippen molar-refractivity contribution in [2.45, 2.75) is 30.7 Å². The van der Waals surface area contributed by atoms with E-state index in [1.54, 1.807) is 16.7 Å². The molecule has 1 fully saturated rings. The molecule has 1 aromatic heterocycles. The molecule has 1 amide bonds. The summed E-state index contributed by atoms with van der Waals surface area (Å²) in [5.41, 5.74) is 0.824. The van der Waals surface area contributed by atoms with Crippen molar-refractivity contribution in [2.24, 2.45) is 4.99 Å². The first kappa shape index (κ1) is 23.6. The summed E-state index contributed by atoms with van der Waals surface area (Å²) in [5, 5.41) is 0.425. The highest BCUT2D eigenvalue weighted by Crippen LogP contribution is 2.26. The van der Waals surface area contributed by atoms with Gasteiger partial charge in [-0.2, -0.15) is 9.30 Å². The number of amides is 1. The molecule has 0 radical (unpaired) electrons. The van der Waals surface area contributed by atoms with Crippen LogP contribution in [0.1, 0.15) is 29.6 Å². The van der Waals surface area contributed by atoms with Gasteiger partial charge in [-0.05, 0) is 49.2 Å². The van der Waals surface area contributed by atoms with Gasteiger partial charge >= 0.3 is 5.97 Å². The number of benzene rings is 2. The van der Waals surface area contributed by atoms with E-state index in [0.717, 1.165) is 24.0 Å². The normalized spacial score (nSPS) is 15.6. The van der Waals surface area contributed by atoms with Gasteiger partial charge in [0.15, 0.2) is 4.80 Å². The smallest absolute Gasteiger partial charge is 0.325 e. The molecular weight excluding hydrogens is 486 g/mol. The summed E-state index contributed by atoms with van der Waals surface area (Å²) in [6, 6.07) is 11.0. The predicted octanol–water partition coefficient (Wildman–Crippen LogP) is 3.44. The maximum atomic E-state index is 12.9. The third-order valence-electron chi connectivity index (χ3n) is 5.42. The number of para-hydroxylation sites is 1. The van der Waals surface area contributed by atoms with Crippen LogP contribution in [0.5, 0.6) is 0 Å². The van der Waals surface area contributed by atoms with Crippen LogP contribution in [0.25, 0.3) is 10.2 Å². The maximum Gasteiger partial charge on any atom is 0.325 e. The van der Waals surface area contributed by atoms with E-state index in [4.69, 9.17) is 16.3 Å². The average Bonchev–Trinajstić information content (AvgIpc) is 3.17. The molecule has 1 aliphatic rings. The van der Waals surface area contributed by atoms with Gasteiger partial charge in [-0.25, -0.2) is 8.42 Å². The van der Waals surface area contributed by atoms with E-state index in [1.165, 1.54) is 47.0 Å². The van der Waals surface area contributed by atoms with Gasteiger partial charge in [0.1, 0.15) is 6.54 Å². The van der Waals surface area contributed by atoms with Gasteiger partial charge in [-0.1, -0.05) is 35.4 Å². The molecule has 0 atom stereocenters. The topological polar surface area (TPSA) is 98.0 Å². The van der Waals surface area contributed by atoms with E-state index < -0.39 is 21.9 Å². The highest BCUT2D eigenvalue weighted by molar-refractivity contribution is 7.89. The van der Waals surface area contributed by atoms with Crippen LogP contribution in [-0.2, 0) is 26.1 Å². The van der Waals surface area contributed by atoms with Crippen LogP contribution in [0.2, 0.25) is 5.02 Å². The van der Waals surface area contributed by atoms with Gasteiger partial charge in [-0.15, -0.1) is 0 Å². The van der Waals surface area contributed by atoms with E-state index in [0.29, 0.717) is 28.4 Å². The number of halogens is 1. The minimum Gasteiger partial charge on any atom is -0.468 e. The number of nitrogens with zero attached hydrogens (tertiary/aromatic N) is 3. The Kier molecular flexibility index (Phi) is 6.99. The molecule has 8 nitrogen and oxygen atoms in total. The van der Waals surface area contributed by atoms with Crippen LogP contribution in [-0.4, -0.2) is 49.4 Å². The first-order valence-corrected chi connectivity index (χ1v) is 13.0. The fraction of sp³-hybridized carbons (Fsp3) is 0.318. The Bertz CT molecular complexity index is 1370. The Morgan fingerprint density at radius 1 is 1.09 bits per heavy atom. The number of aromatic nitrogens is 1. The molecule has 3 aromatic rings. The summed E-state index contributed by atoms with van der Waals surface area (Å²) in [4.78, 5) is 29.4. The van der Waals surface area contributed by atoms with E-state index >= 15 is 0 Å². The molecule has 0 saturated carbocycles. The maximum absolute atomic E-state index is 12.9. The van der Waals surface area contributed by atoms with Crippen LogP contribution in [0.4, 0.5) is 0 Å². The minimum absolute atomic E-state index is 0.148. The lowest BCUT2D eigenvalue weighted by Crippen LogP contribution is -2.35. The molecule has 0 aliphatic carbocycles. The van der Waals surface area contributed by atoms with Crippen molar-refractivity contribution in [3.05, 3.63) is 57.9 Å². The van der Waals surface area contributed by atoms with Gasteiger partial charge in [-0.3, -0.25) is 9.59 Å². The fourth-order valence-electron chi connectivity index (χ4n) is 3.69. The molecule has 0 unspecified atom stereocenters. The monoisotopic (exact) mass is 507 g/mol. The number of rotatable bonds is 5. The van der Waals surface area contributed by atoms with E-state index in [1.807, 2.05) is 6.07 Å². The van der Waals surface area contributed by atoms with Crippen LogP contribution in [0.15, 0.2) is 52.4 Å². The number of hydrogen-bond donors (Lipinski definition) is 0. The van der Waals surface area contributed by atoms with Crippen molar-refractivity contribution in [1.29, 1.82) is 0 Å². The largest absolute Gasteiger partial charge is 0.468 e. The fourth-order valence-corrected chi connectivity index (χ4v) is 6.59. The number of ether oxygens (including phenoxy) is 1. The summed E-state index contributed by atoms with van der Waals surface area (Å²) in [7, 11) is -2.31. The highest BCUT2D eigenvalue weighted by atomic mass is 35.5. The SMILES string of the molecule is COC(=O)Cn1c(=NC(=O)c2ccc(S(=O)(=O)N3CCCCC3)cc2)sc2cccc(Cl)c21. The summed E-state index contributed by atoms with van der Waals surface area (Å²) < 4.78 is 34.2. The lowest BCUT2D eigenvalue weighted by atomic mass is 10.2. The number of methoxy groups -OCH3 is 1. The average molecular weight is 508 g/mol. The van der Waals surface area contributed by atoms with Gasteiger partial charge in [0.05, 0.1) is 27.2 Å². The standard InChI is InChI=1S/C22H22ClN3O5S2/c1-31-19(27)14-26-20-17(23)6-5-7-18(20)32-22(26)24-21(28)15-8-10-16(11-9-15)33(29,30)25-12-3-2-4-13-25/h5-11H,2-4,12-14H2,1H3. The highest BCUT2D eigenvalue weighted by Gasteiger charge is 2.26. The van der Waals surface area contributed by atoms with E-state index in [2.05, 4.69) is 4.99 Å². The molecule has 2 heterocycles. The first-order chi connectivity index (χ1) is 15.8. The third-order valence-corrected chi connectivity index (χ3v) is 8.68. The molecule has 4 rings (SSSR count). The quantitative estimate of drug-likeness (QED) is 0.493. The van der Waals surface area contributed by atoms with Gasteiger partial charge in [0.2, 0.25) is 10.0 Å². The van der Waals surface area contributed by atoms with Crippen LogP contribution >= 0.6 is 22.9 Å². The second kappa shape index (κ2) is 9.76. The Labute approximate surface area is 200 Å². The molecule has 11 heteroatoms. The lowest BCUT2D eigenvalue weighted by molar-refractivity contribution is -0.141. The van der Waals surface area contributed by atoms with Crippen molar-refractivity contribution >= 4 is 55.1 Å². The summed E-state index contributed by atoms with van der Waals surface area (Å²) in [5.74, 6) is -1.06. The molecule has 0 N–H and O–H groups in total. The molecule has 1 aliphatic heterocycles. The number of esters is 1. The lowest BCUT2D eigenvalue weighted by Gasteiger charge is -2.25. The number of thiazole rings is 1. The zero-order valence-electron chi connectivity index (χ0n) is 17.9. The molecule has 0 bridgehead atoms. The number of sulfonamides is 1. The Morgan fingerprint density at radius 2 is 1.79 bits per heavy atom.